The van der Waals surface area contributed by atoms with Crippen LogP contribution >= 0.6 is 0 Å². The summed E-state index contributed by atoms with van der Waals surface area (Å²) >= 11 is 0. The summed E-state index contributed by atoms with van der Waals surface area (Å²) in [4.78, 5) is 11.3. The molecule has 1 rings (SSSR count). The van der Waals surface area contributed by atoms with Gasteiger partial charge in [-0.25, -0.2) is 0 Å². The molecule has 0 saturated heterocycles. The van der Waals surface area contributed by atoms with Crippen LogP contribution in [0.2, 0.25) is 0 Å². The van der Waals surface area contributed by atoms with E-state index in [9.17, 15) is 4.79 Å². The highest BCUT2D eigenvalue weighted by atomic mass is 16.1. The van der Waals surface area contributed by atoms with Gasteiger partial charge >= 0.3 is 0 Å². The first-order valence-electron chi connectivity index (χ1n) is 6.02. The van der Waals surface area contributed by atoms with E-state index in [2.05, 4.69) is 19.1 Å². The first-order valence-corrected chi connectivity index (χ1v) is 6.02. The zero-order valence-corrected chi connectivity index (χ0v) is 9.30. The maximum absolute atomic E-state index is 11.3. The summed E-state index contributed by atoms with van der Waals surface area (Å²) in [7, 11) is 0. The minimum Gasteiger partial charge on any atom is -0.299 e. The van der Waals surface area contributed by atoms with Crippen LogP contribution in [0.15, 0.2) is 12.2 Å². The second kappa shape index (κ2) is 6.80. The smallest absolute Gasteiger partial charge is 0.136 e. The van der Waals surface area contributed by atoms with Crippen LogP contribution in [0, 0.1) is 5.92 Å². The normalized spacial score (nSPS) is 22.4. The Labute approximate surface area is 87.6 Å². The van der Waals surface area contributed by atoms with Gasteiger partial charge in [0.2, 0.25) is 0 Å². The fraction of sp³-hybridized carbons (Fsp3) is 0.769. The zero-order valence-electron chi connectivity index (χ0n) is 9.30. The topological polar surface area (TPSA) is 17.1 Å². The van der Waals surface area contributed by atoms with Gasteiger partial charge in [-0.15, -0.1) is 0 Å². The standard InChI is InChI=1S/C13H22O/c1-2-3-4-5-6-7-9-12-10-8-11-13(12)14/h6-7,12H,2-5,8-11H2,1H3/t12-/m1/s1. The van der Waals surface area contributed by atoms with E-state index in [1.165, 1.54) is 25.7 Å². The predicted octanol–water partition coefficient (Wildman–Crippen LogP) is 3.88. The molecule has 0 radical (unpaired) electrons. The average molecular weight is 194 g/mol. The first kappa shape index (κ1) is 11.5. The van der Waals surface area contributed by atoms with Crippen molar-refractivity contribution < 1.29 is 4.79 Å². The Hall–Kier alpha value is -0.590. The van der Waals surface area contributed by atoms with Gasteiger partial charge in [-0.1, -0.05) is 31.9 Å². The van der Waals surface area contributed by atoms with E-state index in [1.807, 2.05) is 0 Å². The number of hydrogen-bond donors (Lipinski definition) is 0. The molecule has 0 aromatic rings. The molecule has 1 heteroatoms. The molecule has 1 aliphatic carbocycles. The maximum atomic E-state index is 11.3. The van der Waals surface area contributed by atoms with Gasteiger partial charge in [0.1, 0.15) is 5.78 Å². The minimum atomic E-state index is 0.359. The summed E-state index contributed by atoms with van der Waals surface area (Å²) in [6, 6.07) is 0. The monoisotopic (exact) mass is 194 g/mol. The summed E-state index contributed by atoms with van der Waals surface area (Å²) in [5.74, 6) is 0.848. The highest BCUT2D eigenvalue weighted by molar-refractivity contribution is 5.82. The van der Waals surface area contributed by atoms with Gasteiger partial charge < -0.3 is 0 Å². The lowest BCUT2D eigenvalue weighted by atomic mass is 10.0. The molecular weight excluding hydrogens is 172 g/mol. The first-order chi connectivity index (χ1) is 6.84. The van der Waals surface area contributed by atoms with E-state index in [1.54, 1.807) is 0 Å². The Morgan fingerprint density at radius 3 is 2.86 bits per heavy atom. The van der Waals surface area contributed by atoms with Crippen LogP contribution in [-0.2, 0) is 4.79 Å². The van der Waals surface area contributed by atoms with Crippen molar-refractivity contribution in [3.8, 4) is 0 Å². The minimum absolute atomic E-state index is 0.359. The molecule has 1 saturated carbocycles. The number of allylic oxidation sites excluding steroid dienone is 2. The quantitative estimate of drug-likeness (QED) is 0.463. The third-order valence-corrected chi connectivity index (χ3v) is 2.99. The van der Waals surface area contributed by atoms with Crippen LogP contribution in [0.25, 0.3) is 0 Å². The van der Waals surface area contributed by atoms with Crippen LogP contribution in [0.4, 0.5) is 0 Å². The van der Waals surface area contributed by atoms with Gasteiger partial charge in [0.05, 0.1) is 0 Å². The summed E-state index contributed by atoms with van der Waals surface area (Å²) in [5, 5.41) is 0. The van der Waals surface area contributed by atoms with Gasteiger partial charge in [0.25, 0.3) is 0 Å². The summed E-state index contributed by atoms with van der Waals surface area (Å²) < 4.78 is 0. The summed E-state index contributed by atoms with van der Waals surface area (Å²) in [5.41, 5.74) is 0. The average Bonchev–Trinajstić information content (AvgIpc) is 2.58. The fourth-order valence-corrected chi connectivity index (χ4v) is 2.03. The van der Waals surface area contributed by atoms with Crippen molar-refractivity contribution >= 4 is 5.78 Å². The molecule has 14 heavy (non-hydrogen) atoms. The number of carbonyl (C=O) groups is 1. The van der Waals surface area contributed by atoms with Gasteiger partial charge in [0.15, 0.2) is 0 Å². The second-order valence-corrected chi connectivity index (χ2v) is 4.26. The van der Waals surface area contributed by atoms with Gasteiger partial charge in [-0.3, -0.25) is 4.79 Å². The molecule has 0 aliphatic heterocycles. The van der Waals surface area contributed by atoms with E-state index >= 15 is 0 Å². The number of ketones is 1. The second-order valence-electron chi connectivity index (χ2n) is 4.26. The summed E-state index contributed by atoms with van der Waals surface area (Å²) in [6.45, 7) is 2.22. The predicted molar refractivity (Wildman–Crippen MR) is 60.2 cm³/mol. The molecule has 0 aromatic carbocycles. The van der Waals surface area contributed by atoms with E-state index in [4.69, 9.17) is 0 Å². The third kappa shape index (κ3) is 4.08. The molecule has 0 aromatic heterocycles. The number of rotatable bonds is 6. The van der Waals surface area contributed by atoms with E-state index < -0.39 is 0 Å². The van der Waals surface area contributed by atoms with Crippen molar-refractivity contribution in [3.63, 3.8) is 0 Å². The van der Waals surface area contributed by atoms with Crippen molar-refractivity contribution in [1.29, 1.82) is 0 Å². The molecule has 1 nitrogen and oxygen atoms in total. The van der Waals surface area contributed by atoms with Crippen molar-refractivity contribution in [2.24, 2.45) is 5.92 Å². The molecule has 0 heterocycles. The van der Waals surface area contributed by atoms with Crippen LogP contribution in [-0.4, -0.2) is 5.78 Å². The SMILES string of the molecule is CCCCCC=CC[C@@H]1CCCC1=O. The molecule has 0 amide bonds. The summed E-state index contributed by atoms with van der Waals surface area (Å²) in [6.07, 6.45) is 13.6. The van der Waals surface area contributed by atoms with E-state index in [0.717, 1.165) is 25.7 Å². The Morgan fingerprint density at radius 2 is 2.21 bits per heavy atom. The molecule has 0 unspecified atom stereocenters. The Bertz CT molecular complexity index is 193. The van der Waals surface area contributed by atoms with Crippen LogP contribution < -0.4 is 0 Å². The Morgan fingerprint density at radius 1 is 1.36 bits per heavy atom. The number of Topliss-reactive ketones (excluding diaryl/α,β-unsaturated/α-hetero) is 1. The highest BCUT2D eigenvalue weighted by Gasteiger charge is 2.22. The van der Waals surface area contributed by atoms with Crippen LogP contribution in [0.1, 0.15) is 58.3 Å². The third-order valence-electron chi connectivity index (χ3n) is 2.99. The zero-order chi connectivity index (χ0) is 10.2. The maximum Gasteiger partial charge on any atom is 0.136 e. The molecule has 0 bridgehead atoms. The van der Waals surface area contributed by atoms with E-state index in [-0.39, 0.29) is 0 Å². The fourth-order valence-electron chi connectivity index (χ4n) is 2.03. The number of hydrogen-bond acceptors (Lipinski definition) is 1. The largest absolute Gasteiger partial charge is 0.299 e. The van der Waals surface area contributed by atoms with Crippen molar-refractivity contribution in [2.75, 3.05) is 0 Å². The van der Waals surface area contributed by atoms with Gasteiger partial charge in [0, 0.05) is 12.3 Å². The molecule has 0 N–H and O–H groups in total. The van der Waals surface area contributed by atoms with E-state index in [0.29, 0.717) is 11.7 Å². The highest BCUT2D eigenvalue weighted by Crippen LogP contribution is 2.24. The van der Waals surface area contributed by atoms with Gasteiger partial charge in [-0.2, -0.15) is 0 Å². The molecule has 1 aliphatic rings. The lowest BCUT2D eigenvalue weighted by molar-refractivity contribution is -0.120. The Balaban J connectivity index is 2.04. The molecule has 80 valence electrons. The molecule has 1 atom stereocenters. The van der Waals surface area contributed by atoms with Gasteiger partial charge in [-0.05, 0) is 32.1 Å². The molecular formula is C13H22O. The van der Waals surface area contributed by atoms with Crippen molar-refractivity contribution in [3.05, 3.63) is 12.2 Å². The lowest BCUT2D eigenvalue weighted by Crippen LogP contribution is -2.03. The molecule has 1 fully saturated rings. The Kier molecular flexibility index (Phi) is 5.58. The van der Waals surface area contributed by atoms with Crippen molar-refractivity contribution in [2.45, 2.75) is 58.3 Å². The number of carbonyl (C=O) groups excluding carboxylic acids is 1. The number of unbranched alkanes of at least 4 members (excludes halogenated alkanes) is 3. The van der Waals surface area contributed by atoms with Crippen molar-refractivity contribution in [1.82, 2.24) is 0 Å². The van der Waals surface area contributed by atoms with Crippen LogP contribution in [0.3, 0.4) is 0 Å². The lowest BCUT2D eigenvalue weighted by Gasteiger charge is -2.01. The molecule has 0 spiro atoms. The van der Waals surface area contributed by atoms with Crippen LogP contribution in [0.5, 0.6) is 0 Å².